The fraction of sp³-hybridized carbons (Fsp3) is 1.00. The predicted octanol–water partition coefficient (Wildman–Crippen LogP) is 2.26. The Morgan fingerprint density at radius 3 is 2.50 bits per heavy atom. The Morgan fingerprint density at radius 2 is 1.94 bits per heavy atom. The molecule has 0 bridgehead atoms. The van der Waals surface area contributed by atoms with Crippen LogP contribution in [0.1, 0.15) is 33.1 Å². The number of quaternary nitrogens is 1. The molecule has 0 spiro atoms. The van der Waals surface area contributed by atoms with Gasteiger partial charge in [-0.25, -0.2) is 0 Å². The third kappa shape index (κ3) is 5.83. The molecule has 0 amide bonds. The van der Waals surface area contributed by atoms with Crippen molar-refractivity contribution in [1.29, 1.82) is 0 Å². The highest BCUT2D eigenvalue weighted by Gasteiger charge is 2.26. The van der Waals surface area contributed by atoms with Crippen molar-refractivity contribution in [2.75, 3.05) is 34.3 Å². The van der Waals surface area contributed by atoms with Crippen molar-refractivity contribution in [1.82, 2.24) is 0 Å². The number of likely N-dealkylation sites (N-methyl/N-ethyl adjacent to an activating group) is 1. The molecule has 96 valence electrons. The average molecular weight is 230 g/mol. The van der Waals surface area contributed by atoms with Crippen molar-refractivity contribution >= 4 is 0 Å². The zero-order valence-electron chi connectivity index (χ0n) is 11.5. The fourth-order valence-corrected chi connectivity index (χ4v) is 1.95. The van der Waals surface area contributed by atoms with Gasteiger partial charge in [-0.3, -0.25) is 0 Å². The summed E-state index contributed by atoms with van der Waals surface area (Å²) in [6.07, 6.45) is 3.86. The van der Waals surface area contributed by atoms with Crippen LogP contribution < -0.4 is 0 Å². The van der Waals surface area contributed by atoms with Crippen LogP contribution in [0.2, 0.25) is 0 Å². The van der Waals surface area contributed by atoms with Crippen LogP contribution in [0.4, 0.5) is 0 Å². The summed E-state index contributed by atoms with van der Waals surface area (Å²) in [6.45, 7) is 6.32. The summed E-state index contributed by atoms with van der Waals surface area (Å²) in [6, 6.07) is 0. The fourth-order valence-electron chi connectivity index (χ4n) is 1.95. The van der Waals surface area contributed by atoms with Crippen LogP contribution in [0.3, 0.4) is 0 Å². The first kappa shape index (κ1) is 13.9. The first-order valence-electron chi connectivity index (χ1n) is 6.44. The molecule has 0 aromatic heterocycles. The maximum atomic E-state index is 5.86. The van der Waals surface area contributed by atoms with Gasteiger partial charge in [-0.15, -0.1) is 0 Å². The number of ether oxygens (including phenoxy) is 2. The van der Waals surface area contributed by atoms with Crippen LogP contribution in [0, 0.1) is 5.92 Å². The van der Waals surface area contributed by atoms with Crippen molar-refractivity contribution in [3.8, 4) is 0 Å². The molecule has 0 radical (unpaired) electrons. The maximum absolute atomic E-state index is 5.86. The first-order valence-corrected chi connectivity index (χ1v) is 6.44. The van der Waals surface area contributed by atoms with Crippen LogP contribution >= 0.6 is 0 Å². The Morgan fingerprint density at radius 1 is 1.25 bits per heavy atom. The first-order chi connectivity index (χ1) is 7.37. The second-order valence-electron chi connectivity index (χ2n) is 6.28. The average Bonchev–Trinajstić information content (AvgIpc) is 2.49. The normalized spacial score (nSPS) is 26.6. The Labute approximate surface area is 100 Å². The van der Waals surface area contributed by atoms with E-state index in [1.54, 1.807) is 0 Å². The molecular weight excluding hydrogens is 202 g/mol. The SMILES string of the molecule is CC(C)CC1CCC(OCC[N+](C)(C)C)O1. The molecule has 0 N–H and O–H groups in total. The quantitative estimate of drug-likeness (QED) is 0.652. The lowest BCUT2D eigenvalue weighted by molar-refractivity contribution is -0.871. The molecule has 1 saturated heterocycles. The van der Waals surface area contributed by atoms with Gasteiger partial charge in [0.2, 0.25) is 0 Å². The van der Waals surface area contributed by atoms with Crippen molar-refractivity contribution in [3.05, 3.63) is 0 Å². The van der Waals surface area contributed by atoms with E-state index in [-0.39, 0.29) is 6.29 Å². The van der Waals surface area contributed by atoms with Crippen molar-refractivity contribution < 1.29 is 14.0 Å². The van der Waals surface area contributed by atoms with Crippen molar-refractivity contribution in [2.45, 2.75) is 45.5 Å². The van der Waals surface area contributed by atoms with Gasteiger partial charge in [0.15, 0.2) is 6.29 Å². The standard InChI is InChI=1S/C13H28NO2/c1-11(2)10-12-6-7-13(16-12)15-9-8-14(3,4)5/h11-13H,6-10H2,1-5H3/q+1. The highest BCUT2D eigenvalue weighted by molar-refractivity contribution is 4.69. The number of nitrogens with zero attached hydrogens (tertiary/aromatic N) is 1. The summed E-state index contributed by atoms with van der Waals surface area (Å²) in [4.78, 5) is 0. The number of hydrogen-bond donors (Lipinski definition) is 0. The van der Waals surface area contributed by atoms with Gasteiger partial charge in [0.25, 0.3) is 0 Å². The molecule has 1 aliphatic heterocycles. The van der Waals surface area contributed by atoms with E-state index in [0.29, 0.717) is 6.10 Å². The van der Waals surface area contributed by atoms with Gasteiger partial charge in [-0.05, 0) is 18.8 Å². The van der Waals surface area contributed by atoms with Gasteiger partial charge in [0.1, 0.15) is 6.54 Å². The van der Waals surface area contributed by atoms with E-state index in [0.717, 1.165) is 42.8 Å². The molecule has 0 aromatic rings. The Bertz CT molecular complexity index is 199. The molecule has 16 heavy (non-hydrogen) atoms. The molecule has 1 rings (SSSR count). The number of hydrogen-bond acceptors (Lipinski definition) is 2. The van der Waals surface area contributed by atoms with E-state index >= 15 is 0 Å². The second-order valence-corrected chi connectivity index (χ2v) is 6.28. The summed E-state index contributed by atoms with van der Waals surface area (Å²) in [5.41, 5.74) is 0. The van der Waals surface area contributed by atoms with Crippen molar-refractivity contribution in [3.63, 3.8) is 0 Å². The third-order valence-corrected chi connectivity index (χ3v) is 2.87. The molecule has 0 aromatic carbocycles. The molecule has 1 aliphatic rings. The summed E-state index contributed by atoms with van der Waals surface area (Å²) >= 11 is 0. The van der Waals surface area contributed by atoms with E-state index in [1.165, 1.54) is 0 Å². The van der Waals surface area contributed by atoms with E-state index in [2.05, 4.69) is 35.0 Å². The van der Waals surface area contributed by atoms with Crippen LogP contribution in [0.25, 0.3) is 0 Å². The largest absolute Gasteiger partial charge is 0.349 e. The highest BCUT2D eigenvalue weighted by Crippen LogP contribution is 2.25. The van der Waals surface area contributed by atoms with Crippen LogP contribution in [-0.2, 0) is 9.47 Å². The minimum Gasteiger partial charge on any atom is -0.349 e. The maximum Gasteiger partial charge on any atom is 0.158 e. The molecule has 0 aliphatic carbocycles. The molecule has 1 heterocycles. The van der Waals surface area contributed by atoms with Crippen LogP contribution in [0.15, 0.2) is 0 Å². The zero-order valence-corrected chi connectivity index (χ0v) is 11.5. The highest BCUT2D eigenvalue weighted by atomic mass is 16.7. The van der Waals surface area contributed by atoms with Crippen LogP contribution in [0.5, 0.6) is 0 Å². The molecular formula is C13H28NO2+. The molecule has 0 saturated carbocycles. The van der Waals surface area contributed by atoms with Gasteiger partial charge in [-0.1, -0.05) is 13.8 Å². The van der Waals surface area contributed by atoms with Gasteiger partial charge >= 0.3 is 0 Å². The Hall–Kier alpha value is -0.120. The summed E-state index contributed by atoms with van der Waals surface area (Å²) in [5.74, 6) is 0.718. The molecule has 3 nitrogen and oxygen atoms in total. The van der Waals surface area contributed by atoms with Gasteiger partial charge in [0, 0.05) is 6.42 Å². The lowest BCUT2D eigenvalue weighted by Crippen LogP contribution is -2.38. The van der Waals surface area contributed by atoms with Crippen LogP contribution in [-0.4, -0.2) is 51.2 Å². The second kappa shape index (κ2) is 5.99. The summed E-state index contributed by atoms with van der Waals surface area (Å²) < 4.78 is 12.6. The smallest absolute Gasteiger partial charge is 0.158 e. The van der Waals surface area contributed by atoms with Gasteiger partial charge in [0.05, 0.1) is 33.9 Å². The van der Waals surface area contributed by atoms with Gasteiger partial charge in [-0.2, -0.15) is 0 Å². The van der Waals surface area contributed by atoms with E-state index < -0.39 is 0 Å². The predicted molar refractivity (Wildman–Crippen MR) is 66.2 cm³/mol. The monoisotopic (exact) mass is 230 g/mol. The minimum atomic E-state index is 0.0512. The molecule has 2 atom stereocenters. The Kier molecular flexibility index (Phi) is 5.22. The van der Waals surface area contributed by atoms with E-state index in [9.17, 15) is 0 Å². The summed E-state index contributed by atoms with van der Waals surface area (Å²) in [7, 11) is 6.54. The molecule has 3 heteroatoms. The summed E-state index contributed by atoms with van der Waals surface area (Å²) in [5, 5.41) is 0. The Balaban J connectivity index is 2.12. The topological polar surface area (TPSA) is 18.5 Å². The third-order valence-electron chi connectivity index (χ3n) is 2.87. The minimum absolute atomic E-state index is 0.0512. The zero-order chi connectivity index (χ0) is 12.2. The number of rotatable bonds is 6. The lowest BCUT2D eigenvalue weighted by Gasteiger charge is -2.24. The molecule has 1 fully saturated rings. The molecule has 2 unspecified atom stereocenters. The van der Waals surface area contributed by atoms with E-state index in [1.807, 2.05) is 0 Å². The lowest BCUT2D eigenvalue weighted by atomic mass is 10.0. The van der Waals surface area contributed by atoms with E-state index in [4.69, 9.17) is 9.47 Å². The van der Waals surface area contributed by atoms with Gasteiger partial charge < -0.3 is 14.0 Å². The van der Waals surface area contributed by atoms with Crippen molar-refractivity contribution in [2.24, 2.45) is 5.92 Å².